The first-order valence-electron chi connectivity index (χ1n) is 9.29. The molecular formula is C20H17N5O4S. The molecule has 3 aromatic rings. The van der Waals surface area contributed by atoms with Gasteiger partial charge in [0.1, 0.15) is 19.8 Å². The van der Waals surface area contributed by atoms with E-state index in [1.165, 1.54) is 16.3 Å². The number of nitrogens with one attached hydrogen (secondary N) is 2. The SMILES string of the molecule is Cc1ccc(N2NC(C(=O)Nc3nc4cc5c(cc4s3)OCCO5)=NCC2=O)cc1. The van der Waals surface area contributed by atoms with Gasteiger partial charge in [-0.05, 0) is 19.1 Å². The number of hydrazine groups is 1. The van der Waals surface area contributed by atoms with Gasteiger partial charge in [0.25, 0.3) is 11.8 Å². The average molecular weight is 423 g/mol. The summed E-state index contributed by atoms with van der Waals surface area (Å²) >= 11 is 1.32. The molecule has 2 aliphatic rings. The van der Waals surface area contributed by atoms with Crippen molar-refractivity contribution in [1.29, 1.82) is 0 Å². The van der Waals surface area contributed by atoms with E-state index in [1.807, 2.05) is 25.1 Å². The van der Waals surface area contributed by atoms with Crippen LogP contribution in [0.4, 0.5) is 10.8 Å². The van der Waals surface area contributed by atoms with Gasteiger partial charge in [-0.2, -0.15) is 0 Å². The van der Waals surface area contributed by atoms with Crippen LogP contribution in [0.2, 0.25) is 0 Å². The molecule has 30 heavy (non-hydrogen) atoms. The third-order valence-electron chi connectivity index (χ3n) is 4.62. The molecule has 152 valence electrons. The lowest BCUT2D eigenvalue weighted by molar-refractivity contribution is -0.118. The fraction of sp³-hybridized carbons (Fsp3) is 0.200. The van der Waals surface area contributed by atoms with Crippen molar-refractivity contribution in [3.05, 3.63) is 42.0 Å². The number of amidine groups is 1. The van der Waals surface area contributed by atoms with Gasteiger partial charge in [0, 0.05) is 12.1 Å². The first-order chi connectivity index (χ1) is 14.6. The van der Waals surface area contributed by atoms with Gasteiger partial charge < -0.3 is 9.47 Å². The number of carbonyl (C=O) groups excluding carboxylic acids is 2. The average Bonchev–Trinajstić information content (AvgIpc) is 3.14. The highest BCUT2D eigenvalue weighted by molar-refractivity contribution is 7.22. The van der Waals surface area contributed by atoms with Crippen LogP contribution in [0.15, 0.2) is 41.4 Å². The van der Waals surface area contributed by atoms with E-state index in [2.05, 4.69) is 20.7 Å². The Balaban J connectivity index is 1.34. The number of ether oxygens (including phenoxy) is 2. The second-order valence-electron chi connectivity index (χ2n) is 6.78. The molecule has 0 saturated carbocycles. The summed E-state index contributed by atoms with van der Waals surface area (Å²) in [5, 5.41) is 4.48. The molecule has 0 saturated heterocycles. The Morgan fingerprint density at radius 1 is 1.17 bits per heavy atom. The van der Waals surface area contributed by atoms with Crippen molar-refractivity contribution in [3.8, 4) is 11.5 Å². The molecule has 2 aliphatic heterocycles. The van der Waals surface area contributed by atoms with Crippen molar-refractivity contribution in [3.63, 3.8) is 0 Å². The number of rotatable bonds is 3. The molecule has 1 aromatic heterocycles. The number of nitrogens with zero attached hydrogens (tertiary/aromatic N) is 3. The Labute approximate surface area is 175 Å². The molecule has 2 aromatic carbocycles. The summed E-state index contributed by atoms with van der Waals surface area (Å²) in [4.78, 5) is 33.5. The third kappa shape index (κ3) is 3.41. The van der Waals surface area contributed by atoms with Crippen molar-refractivity contribution in [2.75, 3.05) is 30.1 Å². The molecule has 0 aliphatic carbocycles. The summed E-state index contributed by atoms with van der Waals surface area (Å²) in [5.74, 6) is 0.626. The van der Waals surface area contributed by atoms with Crippen LogP contribution in [0.1, 0.15) is 5.56 Å². The number of amides is 2. The lowest BCUT2D eigenvalue weighted by atomic mass is 10.2. The summed E-state index contributed by atoms with van der Waals surface area (Å²) in [5.41, 5.74) is 5.21. The Hall–Kier alpha value is -3.66. The summed E-state index contributed by atoms with van der Waals surface area (Å²) in [6, 6.07) is 11.0. The van der Waals surface area contributed by atoms with Crippen LogP contribution >= 0.6 is 11.3 Å². The number of carbonyl (C=O) groups is 2. The van der Waals surface area contributed by atoms with Crippen molar-refractivity contribution < 1.29 is 19.1 Å². The Kier molecular flexibility index (Phi) is 4.47. The second-order valence-corrected chi connectivity index (χ2v) is 7.81. The standard InChI is InChI=1S/C20H17N5O4S/c1-11-2-4-12(5-3-11)25-17(26)10-21-18(24-25)19(27)23-20-22-13-8-14-15(9-16(13)30-20)29-7-6-28-14/h2-5,8-9H,6-7,10H2,1H3,(H,21,24)(H,22,23,27). The topological polar surface area (TPSA) is 105 Å². The highest BCUT2D eigenvalue weighted by Crippen LogP contribution is 2.37. The molecule has 0 radical (unpaired) electrons. The Morgan fingerprint density at radius 3 is 2.67 bits per heavy atom. The van der Waals surface area contributed by atoms with Crippen molar-refractivity contribution in [2.45, 2.75) is 6.92 Å². The monoisotopic (exact) mass is 423 g/mol. The predicted octanol–water partition coefficient (Wildman–Crippen LogP) is 2.26. The lowest BCUT2D eigenvalue weighted by Gasteiger charge is -2.27. The normalized spacial score (nSPS) is 15.6. The highest BCUT2D eigenvalue weighted by Gasteiger charge is 2.26. The van der Waals surface area contributed by atoms with Crippen LogP contribution in [0.5, 0.6) is 11.5 Å². The molecule has 5 rings (SSSR count). The van der Waals surface area contributed by atoms with Gasteiger partial charge in [0.2, 0.25) is 5.84 Å². The molecule has 2 amide bonds. The zero-order chi connectivity index (χ0) is 20.7. The van der Waals surface area contributed by atoms with E-state index in [-0.39, 0.29) is 18.3 Å². The number of hydrogen-bond donors (Lipinski definition) is 2. The fourth-order valence-corrected chi connectivity index (χ4v) is 3.99. The first kappa shape index (κ1) is 18.4. The largest absolute Gasteiger partial charge is 0.486 e. The van der Waals surface area contributed by atoms with Crippen LogP contribution in [0.25, 0.3) is 10.2 Å². The van der Waals surface area contributed by atoms with Gasteiger partial charge in [-0.15, -0.1) is 0 Å². The maximum Gasteiger partial charge on any atom is 0.294 e. The van der Waals surface area contributed by atoms with E-state index in [1.54, 1.807) is 18.2 Å². The van der Waals surface area contributed by atoms with Gasteiger partial charge in [-0.1, -0.05) is 29.0 Å². The number of benzene rings is 2. The first-order valence-corrected chi connectivity index (χ1v) is 10.1. The van der Waals surface area contributed by atoms with Crippen LogP contribution in [-0.2, 0) is 9.59 Å². The van der Waals surface area contributed by atoms with E-state index in [9.17, 15) is 9.59 Å². The fourth-order valence-electron chi connectivity index (χ4n) is 3.12. The molecule has 10 heteroatoms. The zero-order valence-electron chi connectivity index (χ0n) is 16.0. The van der Waals surface area contributed by atoms with Crippen molar-refractivity contribution in [1.82, 2.24) is 10.4 Å². The second kappa shape index (κ2) is 7.30. The van der Waals surface area contributed by atoms with E-state index >= 15 is 0 Å². The van der Waals surface area contributed by atoms with Crippen LogP contribution in [-0.4, -0.2) is 42.4 Å². The molecule has 3 heterocycles. The van der Waals surface area contributed by atoms with Gasteiger partial charge in [-0.25, -0.2) is 9.99 Å². The van der Waals surface area contributed by atoms with Gasteiger partial charge in [0.05, 0.1) is 15.9 Å². The number of aryl methyl sites for hydroxylation is 1. The molecule has 0 spiro atoms. The number of aromatic nitrogens is 1. The van der Waals surface area contributed by atoms with Crippen molar-refractivity contribution >= 4 is 50.0 Å². The number of hydrogen-bond acceptors (Lipinski definition) is 8. The lowest BCUT2D eigenvalue weighted by Crippen LogP contribution is -2.54. The van der Waals surface area contributed by atoms with Crippen LogP contribution in [0, 0.1) is 6.92 Å². The molecule has 0 unspecified atom stereocenters. The number of fused-ring (bicyclic) bond motifs is 2. The van der Waals surface area contributed by atoms with Gasteiger partial charge in [-0.3, -0.25) is 25.3 Å². The van der Waals surface area contributed by atoms with Gasteiger partial charge in [0.15, 0.2) is 16.6 Å². The number of thiazole rings is 1. The zero-order valence-corrected chi connectivity index (χ0v) is 16.8. The smallest absolute Gasteiger partial charge is 0.294 e. The molecular weight excluding hydrogens is 406 g/mol. The number of aliphatic imine (C=N–C) groups is 1. The maximum absolute atomic E-state index is 12.7. The Bertz CT molecular complexity index is 1140. The van der Waals surface area contributed by atoms with E-state index in [0.717, 1.165) is 10.3 Å². The predicted molar refractivity (Wildman–Crippen MR) is 113 cm³/mol. The van der Waals surface area contributed by atoms with E-state index in [0.29, 0.717) is 41.0 Å². The molecule has 0 bridgehead atoms. The van der Waals surface area contributed by atoms with Crippen LogP contribution < -0.4 is 25.2 Å². The molecule has 2 N–H and O–H groups in total. The highest BCUT2D eigenvalue weighted by atomic mass is 32.1. The maximum atomic E-state index is 12.7. The Morgan fingerprint density at radius 2 is 1.90 bits per heavy atom. The molecule has 9 nitrogen and oxygen atoms in total. The summed E-state index contributed by atoms with van der Waals surface area (Å²) in [7, 11) is 0. The van der Waals surface area contributed by atoms with E-state index < -0.39 is 5.91 Å². The summed E-state index contributed by atoms with van der Waals surface area (Å²) in [6.07, 6.45) is 0. The molecule has 0 atom stereocenters. The van der Waals surface area contributed by atoms with Crippen LogP contribution in [0.3, 0.4) is 0 Å². The minimum atomic E-state index is -0.476. The molecule has 0 fully saturated rings. The third-order valence-corrected chi connectivity index (χ3v) is 5.55. The van der Waals surface area contributed by atoms with E-state index in [4.69, 9.17) is 9.47 Å². The minimum Gasteiger partial charge on any atom is -0.486 e. The quantitative estimate of drug-likeness (QED) is 0.670. The minimum absolute atomic E-state index is 0.0420. The summed E-state index contributed by atoms with van der Waals surface area (Å²) < 4.78 is 12.0. The van der Waals surface area contributed by atoms with Gasteiger partial charge >= 0.3 is 0 Å². The van der Waals surface area contributed by atoms with Crippen molar-refractivity contribution in [2.24, 2.45) is 4.99 Å². The summed E-state index contributed by atoms with van der Waals surface area (Å²) in [6.45, 7) is 2.84. The number of anilines is 2.